The van der Waals surface area contributed by atoms with Crippen molar-refractivity contribution in [2.45, 2.75) is 25.7 Å². The Morgan fingerprint density at radius 1 is 1.14 bits per heavy atom. The van der Waals surface area contributed by atoms with E-state index in [0.717, 1.165) is 16.8 Å². The summed E-state index contributed by atoms with van der Waals surface area (Å²) in [5.41, 5.74) is 3.04. The van der Waals surface area contributed by atoms with E-state index in [1.165, 1.54) is 0 Å². The van der Waals surface area contributed by atoms with Crippen LogP contribution in [0, 0.1) is 6.92 Å². The van der Waals surface area contributed by atoms with Gasteiger partial charge in [-0.2, -0.15) is 5.10 Å². The summed E-state index contributed by atoms with van der Waals surface area (Å²) in [6.07, 6.45) is 1.74. The molecular formula is C22H19ClN4O2. The van der Waals surface area contributed by atoms with Gasteiger partial charge >= 0.3 is 0 Å². The maximum Gasteiger partial charge on any atom is 0.242 e. The van der Waals surface area contributed by atoms with Crippen LogP contribution in [0.2, 0.25) is 5.02 Å². The lowest BCUT2D eigenvalue weighted by Crippen LogP contribution is -2.46. The second-order valence-corrected chi connectivity index (χ2v) is 7.83. The topological polar surface area (TPSA) is 67.2 Å². The van der Waals surface area contributed by atoms with Gasteiger partial charge in [0.2, 0.25) is 11.8 Å². The molecule has 0 aliphatic carbocycles. The Balaban J connectivity index is 1.81. The molecule has 2 amide bonds. The molecule has 146 valence electrons. The number of aromatic nitrogens is 2. The summed E-state index contributed by atoms with van der Waals surface area (Å²) >= 11 is 6.37. The minimum Gasteiger partial charge on any atom is -0.311 e. The molecule has 3 heterocycles. The molecule has 1 atom stereocenters. The monoisotopic (exact) mass is 406 g/mol. The van der Waals surface area contributed by atoms with Crippen LogP contribution in [0.3, 0.4) is 0 Å². The van der Waals surface area contributed by atoms with Gasteiger partial charge in [-0.3, -0.25) is 9.59 Å². The van der Waals surface area contributed by atoms with Crippen molar-refractivity contribution in [1.29, 1.82) is 0 Å². The van der Waals surface area contributed by atoms with Crippen molar-refractivity contribution in [3.63, 3.8) is 0 Å². The number of carbonyl (C=O) groups excluding carboxylic acids is 2. The molecule has 1 spiro atoms. The van der Waals surface area contributed by atoms with E-state index < -0.39 is 5.41 Å². The molecule has 0 saturated heterocycles. The first-order valence-electron chi connectivity index (χ1n) is 9.54. The Morgan fingerprint density at radius 2 is 1.93 bits per heavy atom. The van der Waals surface area contributed by atoms with Gasteiger partial charge in [0, 0.05) is 18.5 Å². The Labute approximate surface area is 173 Å². The zero-order valence-corrected chi connectivity index (χ0v) is 16.8. The highest BCUT2D eigenvalue weighted by Gasteiger charge is 2.57. The lowest BCUT2D eigenvalue weighted by atomic mass is 9.71. The molecule has 29 heavy (non-hydrogen) atoms. The predicted octanol–water partition coefficient (Wildman–Crippen LogP) is 3.83. The van der Waals surface area contributed by atoms with Gasteiger partial charge in [0.15, 0.2) is 0 Å². The van der Waals surface area contributed by atoms with Crippen LogP contribution in [0.1, 0.15) is 30.0 Å². The molecule has 0 fully saturated rings. The van der Waals surface area contributed by atoms with Crippen molar-refractivity contribution < 1.29 is 9.59 Å². The van der Waals surface area contributed by atoms with Gasteiger partial charge in [0.25, 0.3) is 0 Å². The normalized spacial score (nSPS) is 20.0. The van der Waals surface area contributed by atoms with E-state index in [-0.39, 0.29) is 18.2 Å². The van der Waals surface area contributed by atoms with Crippen molar-refractivity contribution in [1.82, 2.24) is 9.78 Å². The highest BCUT2D eigenvalue weighted by Crippen LogP contribution is 2.53. The van der Waals surface area contributed by atoms with Crippen LogP contribution < -0.4 is 10.2 Å². The molecule has 0 radical (unpaired) electrons. The van der Waals surface area contributed by atoms with Gasteiger partial charge in [0.05, 0.1) is 22.6 Å². The summed E-state index contributed by atoms with van der Waals surface area (Å²) < 4.78 is 1.60. The molecular weight excluding hydrogens is 388 g/mol. The first-order chi connectivity index (χ1) is 14.0. The van der Waals surface area contributed by atoms with E-state index in [4.69, 9.17) is 11.6 Å². The van der Waals surface area contributed by atoms with E-state index in [2.05, 4.69) is 10.4 Å². The fourth-order valence-electron chi connectivity index (χ4n) is 4.64. The van der Waals surface area contributed by atoms with Crippen LogP contribution >= 0.6 is 11.6 Å². The standard InChI is InChI=1S/C22H19ClN4O2/c1-3-26-19-13(2)7-6-8-14(19)22(21(26)29)11-18(28)25-20-15(22)12-24-27(20)17-10-5-4-9-16(17)23/h4-10,12H,3,11H2,1-2H3,(H,25,28). The van der Waals surface area contributed by atoms with Gasteiger partial charge in [-0.1, -0.05) is 41.9 Å². The van der Waals surface area contributed by atoms with E-state index in [1.807, 2.05) is 50.2 Å². The Kier molecular flexibility index (Phi) is 3.83. The van der Waals surface area contributed by atoms with E-state index in [1.54, 1.807) is 21.8 Å². The van der Waals surface area contributed by atoms with Crippen LogP contribution in [0.5, 0.6) is 0 Å². The smallest absolute Gasteiger partial charge is 0.242 e. The second kappa shape index (κ2) is 6.19. The van der Waals surface area contributed by atoms with Crippen molar-refractivity contribution in [2.75, 3.05) is 16.8 Å². The summed E-state index contributed by atoms with van der Waals surface area (Å²) in [6, 6.07) is 13.2. The van der Waals surface area contributed by atoms with Crippen molar-refractivity contribution in [3.8, 4) is 5.69 Å². The minimum absolute atomic E-state index is 0.0556. The van der Waals surface area contributed by atoms with Crippen LogP contribution in [0.4, 0.5) is 11.5 Å². The van der Waals surface area contributed by atoms with Gasteiger partial charge in [0.1, 0.15) is 11.2 Å². The molecule has 1 N–H and O–H groups in total. The fraction of sp³-hybridized carbons (Fsp3) is 0.227. The first kappa shape index (κ1) is 17.9. The van der Waals surface area contributed by atoms with E-state index >= 15 is 0 Å². The Morgan fingerprint density at radius 3 is 2.69 bits per heavy atom. The first-order valence-corrected chi connectivity index (χ1v) is 9.92. The number of halogens is 1. The average Bonchev–Trinajstić information content (AvgIpc) is 3.22. The van der Waals surface area contributed by atoms with Gasteiger partial charge in [-0.25, -0.2) is 4.68 Å². The van der Waals surface area contributed by atoms with Gasteiger partial charge < -0.3 is 10.2 Å². The highest BCUT2D eigenvalue weighted by molar-refractivity contribution is 6.32. The third kappa shape index (κ3) is 2.26. The lowest BCUT2D eigenvalue weighted by molar-refractivity contribution is -0.126. The molecule has 7 heteroatoms. The summed E-state index contributed by atoms with van der Waals surface area (Å²) in [7, 11) is 0. The molecule has 5 rings (SSSR count). The third-order valence-electron chi connectivity index (χ3n) is 5.89. The number of aryl methyl sites for hydroxylation is 1. The number of anilines is 2. The molecule has 6 nitrogen and oxygen atoms in total. The van der Waals surface area contributed by atoms with Crippen LogP contribution in [0.25, 0.3) is 5.69 Å². The van der Waals surface area contributed by atoms with Gasteiger partial charge in [-0.05, 0) is 37.1 Å². The zero-order valence-electron chi connectivity index (χ0n) is 16.1. The number of hydrogen-bond donors (Lipinski definition) is 1. The Bertz CT molecular complexity index is 1190. The number of likely N-dealkylation sites (N-methyl/N-ethyl adjacent to an activating group) is 1. The Hall–Kier alpha value is -3.12. The van der Waals surface area contributed by atoms with Crippen LogP contribution in [-0.2, 0) is 15.0 Å². The molecule has 2 aromatic carbocycles. The quantitative estimate of drug-likeness (QED) is 0.703. The minimum atomic E-state index is -1.07. The average molecular weight is 407 g/mol. The van der Waals surface area contributed by atoms with E-state index in [9.17, 15) is 9.59 Å². The van der Waals surface area contributed by atoms with Crippen molar-refractivity contribution in [3.05, 3.63) is 70.4 Å². The van der Waals surface area contributed by atoms with Crippen LogP contribution in [-0.4, -0.2) is 28.1 Å². The molecule has 3 aromatic rings. The summed E-state index contributed by atoms with van der Waals surface area (Å²) in [5, 5.41) is 7.94. The highest BCUT2D eigenvalue weighted by atomic mass is 35.5. The summed E-state index contributed by atoms with van der Waals surface area (Å²) in [4.78, 5) is 28.3. The number of carbonyl (C=O) groups is 2. The molecule has 0 bridgehead atoms. The molecule has 2 aliphatic heterocycles. The number of para-hydroxylation sites is 2. The van der Waals surface area contributed by atoms with E-state index in [0.29, 0.717) is 28.6 Å². The number of benzene rings is 2. The van der Waals surface area contributed by atoms with Crippen molar-refractivity contribution >= 4 is 34.9 Å². The number of amides is 2. The lowest BCUT2D eigenvalue weighted by Gasteiger charge is -2.32. The molecule has 1 aromatic heterocycles. The third-order valence-corrected chi connectivity index (χ3v) is 6.21. The summed E-state index contributed by atoms with van der Waals surface area (Å²) in [5.74, 6) is 0.192. The number of nitrogens with zero attached hydrogens (tertiary/aromatic N) is 3. The molecule has 2 aliphatic rings. The van der Waals surface area contributed by atoms with Crippen LogP contribution in [0.15, 0.2) is 48.7 Å². The maximum atomic E-state index is 13.7. The van der Waals surface area contributed by atoms with Crippen molar-refractivity contribution in [2.24, 2.45) is 0 Å². The number of nitrogens with one attached hydrogen (secondary N) is 1. The SMILES string of the molecule is CCN1C(=O)C2(CC(=O)Nc3c2cnn3-c2ccccc2Cl)c2cccc(C)c21. The largest absolute Gasteiger partial charge is 0.311 e. The molecule has 0 saturated carbocycles. The zero-order chi connectivity index (χ0) is 20.3. The maximum absolute atomic E-state index is 13.7. The molecule has 1 unspecified atom stereocenters. The number of hydrogen-bond acceptors (Lipinski definition) is 3. The number of fused-ring (bicyclic) bond motifs is 4. The second-order valence-electron chi connectivity index (χ2n) is 7.42. The predicted molar refractivity (Wildman–Crippen MR) is 112 cm³/mol. The van der Waals surface area contributed by atoms with Gasteiger partial charge in [-0.15, -0.1) is 0 Å². The fourth-order valence-corrected chi connectivity index (χ4v) is 4.86. The summed E-state index contributed by atoms with van der Waals surface area (Å²) in [6.45, 7) is 4.48. The number of rotatable bonds is 2.